The molecule has 0 bridgehead atoms. The second-order valence-corrected chi connectivity index (χ2v) is 7.60. The lowest BCUT2D eigenvalue weighted by Gasteiger charge is -2.14. The summed E-state index contributed by atoms with van der Waals surface area (Å²) in [5, 5.41) is 0. The van der Waals surface area contributed by atoms with Crippen LogP contribution in [-0.2, 0) is 13.2 Å². The average molecular weight is 469 g/mol. The van der Waals surface area contributed by atoms with E-state index < -0.39 is 11.9 Å². The van der Waals surface area contributed by atoms with Crippen molar-refractivity contribution in [1.29, 1.82) is 0 Å². The Labute approximate surface area is 203 Å². The van der Waals surface area contributed by atoms with Gasteiger partial charge in [0.15, 0.2) is 11.5 Å². The molecule has 0 aliphatic carbocycles. The predicted octanol–water partition coefficient (Wildman–Crippen LogP) is 4.67. The Bertz CT molecular complexity index is 1280. The third-order valence-electron chi connectivity index (χ3n) is 5.11. The molecule has 4 rings (SSSR count). The Morgan fingerprint density at radius 1 is 0.657 bits per heavy atom. The second-order valence-electron chi connectivity index (χ2n) is 7.60. The van der Waals surface area contributed by atoms with Gasteiger partial charge in [-0.1, -0.05) is 60.7 Å². The van der Waals surface area contributed by atoms with E-state index in [1.165, 1.54) is 24.3 Å². The zero-order chi connectivity index (χ0) is 24.5. The van der Waals surface area contributed by atoms with Gasteiger partial charge in [-0.2, -0.15) is 0 Å². The van der Waals surface area contributed by atoms with E-state index in [9.17, 15) is 9.59 Å². The molecule has 0 saturated heterocycles. The van der Waals surface area contributed by atoms with Crippen LogP contribution in [0, 0.1) is 0 Å². The number of amides is 1. The van der Waals surface area contributed by atoms with E-state index in [4.69, 9.17) is 20.1 Å². The summed E-state index contributed by atoms with van der Waals surface area (Å²) in [6, 6.07) is 30.5. The Balaban J connectivity index is 1.51. The summed E-state index contributed by atoms with van der Waals surface area (Å²) in [5.74, 6) is 5.36. The van der Waals surface area contributed by atoms with E-state index >= 15 is 0 Å². The Morgan fingerprint density at radius 2 is 1.20 bits per heavy atom. The quantitative estimate of drug-likeness (QED) is 0.122. The van der Waals surface area contributed by atoms with Gasteiger partial charge in [0.25, 0.3) is 5.91 Å². The number of carbonyl (C=O) groups excluding carboxylic acids is 2. The van der Waals surface area contributed by atoms with Gasteiger partial charge < -0.3 is 14.2 Å². The van der Waals surface area contributed by atoms with Crippen molar-refractivity contribution in [2.45, 2.75) is 13.2 Å². The van der Waals surface area contributed by atoms with E-state index in [-0.39, 0.29) is 0 Å². The molecule has 4 aromatic carbocycles. The molecule has 0 fully saturated rings. The fourth-order valence-corrected chi connectivity index (χ4v) is 3.26. The lowest BCUT2D eigenvalue weighted by atomic mass is 10.2. The Hall–Kier alpha value is -4.62. The lowest BCUT2D eigenvalue weighted by molar-refractivity contribution is 0.0734. The zero-order valence-electron chi connectivity index (χ0n) is 18.8. The normalized spacial score (nSPS) is 10.3. The third-order valence-corrected chi connectivity index (χ3v) is 5.11. The fraction of sp³-hybridized carbons (Fsp3) is 0.0714. The average Bonchev–Trinajstić information content (AvgIpc) is 2.92. The van der Waals surface area contributed by atoms with Gasteiger partial charge >= 0.3 is 5.97 Å². The molecule has 0 spiro atoms. The van der Waals surface area contributed by atoms with Crippen LogP contribution in [0.5, 0.6) is 17.2 Å². The number of nitrogens with two attached hydrogens (primary N) is 1. The molecule has 3 N–H and O–H groups in total. The Morgan fingerprint density at radius 3 is 1.77 bits per heavy atom. The molecule has 1 amide bonds. The number of nitrogen functional groups attached to an aromatic ring is 1. The van der Waals surface area contributed by atoms with Gasteiger partial charge in [-0.3, -0.25) is 10.2 Å². The lowest BCUT2D eigenvalue weighted by Crippen LogP contribution is -2.29. The minimum absolute atomic E-state index is 0.291. The van der Waals surface area contributed by atoms with Gasteiger partial charge in [0.2, 0.25) is 0 Å². The van der Waals surface area contributed by atoms with E-state index in [0.29, 0.717) is 41.6 Å². The number of esters is 1. The standard InChI is InChI=1S/C28H24N2O5/c29-30-27(31)22-11-14-24(15-12-22)35-28(32)23-13-16-25(33-18-20-7-3-1-4-8-20)26(17-23)34-19-21-9-5-2-6-10-21/h1-17H,18-19,29H2,(H,30,31). The van der Waals surface area contributed by atoms with Crippen LogP contribution in [0.2, 0.25) is 0 Å². The summed E-state index contributed by atoms with van der Waals surface area (Å²) >= 11 is 0. The minimum Gasteiger partial charge on any atom is -0.485 e. The monoisotopic (exact) mass is 468 g/mol. The van der Waals surface area contributed by atoms with Crippen molar-refractivity contribution in [2.24, 2.45) is 5.84 Å². The highest BCUT2D eigenvalue weighted by atomic mass is 16.5. The number of hydrogen-bond donors (Lipinski definition) is 2. The molecule has 0 unspecified atom stereocenters. The predicted molar refractivity (Wildman–Crippen MR) is 131 cm³/mol. The van der Waals surface area contributed by atoms with Crippen molar-refractivity contribution in [3.05, 3.63) is 125 Å². The summed E-state index contributed by atoms with van der Waals surface area (Å²) in [5.41, 5.74) is 4.69. The van der Waals surface area contributed by atoms with Gasteiger partial charge in [0.05, 0.1) is 5.56 Å². The first-order valence-corrected chi connectivity index (χ1v) is 10.9. The van der Waals surface area contributed by atoms with Gasteiger partial charge in [0, 0.05) is 5.56 Å². The first-order valence-electron chi connectivity index (χ1n) is 10.9. The largest absolute Gasteiger partial charge is 0.485 e. The molecular weight excluding hydrogens is 444 g/mol. The number of carbonyl (C=O) groups is 2. The van der Waals surface area contributed by atoms with E-state index in [1.54, 1.807) is 18.2 Å². The fourth-order valence-electron chi connectivity index (χ4n) is 3.26. The van der Waals surface area contributed by atoms with Crippen LogP contribution in [0.3, 0.4) is 0 Å². The molecule has 35 heavy (non-hydrogen) atoms. The van der Waals surface area contributed by atoms with Gasteiger partial charge in [-0.15, -0.1) is 0 Å². The molecule has 176 valence electrons. The van der Waals surface area contributed by atoms with Gasteiger partial charge in [-0.25, -0.2) is 10.6 Å². The van der Waals surface area contributed by atoms with Crippen LogP contribution < -0.4 is 25.5 Å². The van der Waals surface area contributed by atoms with Crippen LogP contribution >= 0.6 is 0 Å². The number of hydrogen-bond acceptors (Lipinski definition) is 6. The third kappa shape index (κ3) is 6.46. The van der Waals surface area contributed by atoms with E-state index in [1.807, 2.05) is 60.7 Å². The van der Waals surface area contributed by atoms with E-state index in [0.717, 1.165) is 11.1 Å². The molecule has 0 radical (unpaired) electrons. The molecule has 0 saturated carbocycles. The zero-order valence-corrected chi connectivity index (χ0v) is 18.8. The molecule has 4 aromatic rings. The number of hydrazine groups is 1. The first kappa shape index (κ1) is 23.5. The summed E-state index contributed by atoms with van der Waals surface area (Å²) in [7, 11) is 0. The number of benzene rings is 4. The van der Waals surface area contributed by atoms with Gasteiger partial charge in [-0.05, 0) is 53.6 Å². The van der Waals surface area contributed by atoms with Crippen LogP contribution in [0.25, 0.3) is 0 Å². The molecule has 7 heteroatoms. The van der Waals surface area contributed by atoms with Crippen molar-refractivity contribution in [1.82, 2.24) is 5.43 Å². The van der Waals surface area contributed by atoms with Crippen molar-refractivity contribution < 1.29 is 23.8 Å². The maximum atomic E-state index is 12.8. The maximum Gasteiger partial charge on any atom is 0.343 e. The SMILES string of the molecule is NNC(=O)c1ccc(OC(=O)c2ccc(OCc3ccccc3)c(OCc3ccccc3)c2)cc1. The topological polar surface area (TPSA) is 99.9 Å². The van der Waals surface area contributed by atoms with Crippen molar-refractivity contribution in [3.63, 3.8) is 0 Å². The van der Waals surface area contributed by atoms with Crippen molar-refractivity contribution in [3.8, 4) is 17.2 Å². The number of ether oxygens (including phenoxy) is 3. The van der Waals surface area contributed by atoms with Crippen LogP contribution in [0.4, 0.5) is 0 Å². The summed E-state index contributed by atoms with van der Waals surface area (Å²) in [6.07, 6.45) is 0. The molecule has 0 heterocycles. The number of nitrogens with one attached hydrogen (secondary N) is 1. The highest BCUT2D eigenvalue weighted by Gasteiger charge is 2.15. The molecule has 7 nitrogen and oxygen atoms in total. The van der Waals surface area contributed by atoms with Crippen LogP contribution in [0.15, 0.2) is 103 Å². The molecule has 0 atom stereocenters. The second kappa shape index (κ2) is 11.5. The van der Waals surface area contributed by atoms with E-state index in [2.05, 4.69) is 5.43 Å². The Kier molecular flexibility index (Phi) is 7.73. The van der Waals surface area contributed by atoms with Crippen LogP contribution in [0.1, 0.15) is 31.8 Å². The van der Waals surface area contributed by atoms with Crippen LogP contribution in [-0.4, -0.2) is 11.9 Å². The molecule has 0 aromatic heterocycles. The number of rotatable bonds is 9. The highest BCUT2D eigenvalue weighted by Crippen LogP contribution is 2.30. The minimum atomic E-state index is -0.569. The van der Waals surface area contributed by atoms with Gasteiger partial charge in [0.1, 0.15) is 19.0 Å². The van der Waals surface area contributed by atoms with Crippen molar-refractivity contribution >= 4 is 11.9 Å². The molecule has 0 aliphatic rings. The summed E-state index contributed by atoms with van der Waals surface area (Å²) in [6.45, 7) is 0.667. The summed E-state index contributed by atoms with van der Waals surface area (Å²) < 4.78 is 17.5. The van der Waals surface area contributed by atoms with Crippen molar-refractivity contribution in [2.75, 3.05) is 0 Å². The maximum absolute atomic E-state index is 12.8. The smallest absolute Gasteiger partial charge is 0.343 e. The molecular formula is C28H24N2O5. The summed E-state index contributed by atoms with van der Waals surface area (Å²) in [4.78, 5) is 24.4. The molecule has 0 aliphatic heterocycles. The highest BCUT2D eigenvalue weighted by molar-refractivity contribution is 5.94. The first-order chi connectivity index (χ1) is 17.1.